The highest BCUT2D eigenvalue weighted by molar-refractivity contribution is 6.18. The Bertz CT molecular complexity index is 169. The molecule has 0 aromatic heterocycles. The van der Waals surface area contributed by atoms with E-state index in [4.69, 9.17) is 27.8 Å². The lowest BCUT2D eigenvalue weighted by Crippen LogP contribution is -2.16. The minimum absolute atomic E-state index is 0.400. The topological polar surface area (TPSA) is 76.6 Å². The Labute approximate surface area is 129 Å². The summed E-state index contributed by atoms with van der Waals surface area (Å²) < 4.78 is 4.73. The summed E-state index contributed by atoms with van der Waals surface area (Å²) in [5.74, 6) is 0.667. The molecule has 1 aliphatic heterocycles. The van der Waals surface area contributed by atoms with Crippen molar-refractivity contribution in [2.75, 3.05) is 38.7 Å². The molecule has 1 saturated heterocycles. The zero-order valence-electron chi connectivity index (χ0n) is 12.9. The SMILES string of the molecule is ClCC1CO1.NCCCCCCNCCCCCCN. The Morgan fingerprint density at radius 2 is 1.30 bits per heavy atom. The van der Waals surface area contributed by atoms with Crippen LogP contribution in [0.2, 0.25) is 0 Å². The normalized spacial score (nSPS) is 16.6. The summed E-state index contributed by atoms with van der Waals surface area (Å²) in [4.78, 5) is 0. The van der Waals surface area contributed by atoms with E-state index in [0.29, 0.717) is 12.0 Å². The third-order valence-corrected chi connectivity index (χ3v) is 3.53. The molecule has 4 nitrogen and oxygen atoms in total. The third-order valence-electron chi connectivity index (χ3n) is 3.19. The summed E-state index contributed by atoms with van der Waals surface area (Å²) in [5, 5.41) is 3.48. The fraction of sp³-hybridized carbons (Fsp3) is 1.00. The minimum Gasteiger partial charge on any atom is -0.372 e. The standard InChI is InChI=1S/C12H29N3.C3H5ClO/c13-9-5-1-3-7-11-15-12-8-4-2-6-10-14;4-1-3-2-5-3/h15H,1-14H2;3H,1-2H2. The summed E-state index contributed by atoms with van der Waals surface area (Å²) in [6.07, 6.45) is 10.6. The van der Waals surface area contributed by atoms with Crippen molar-refractivity contribution < 1.29 is 4.74 Å². The predicted molar refractivity (Wildman–Crippen MR) is 88.4 cm³/mol. The molecule has 0 aromatic carbocycles. The highest BCUT2D eigenvalue weighted by Crippen LogP contribution is 2.08. The molecule has 5 N–H and O–H groups in total. The van der Waals surface area contributed by atoms with Gasteiger partial charge in [0.05, 0.1) is 18.6 Å². The highest BCUT2D eigenvalue weighted by Gasteiger charge is 2.19. The van der Waals surface area contributed by atoms with E-state index in [9.17, 15) is 0 Å². The fourth-order valence-corrected chi connectivity index (χ4v) is 1.96. The van der Waals surface area contributed by atoms with Crippen LogP contribution in [-0.2, 0) is 4.74 Å². The van der Waals surface area contributed by atoms with Crippen molar-refractivity contribution in [3.63, 3.8) is 0 Å². The second kappa shape index (κ2) is 17.2. The van der Waals surface area contributed by atoms with Gasteiger partial charge in [0.15, 0.2) is 0 Å². The molecule has 20 heavy (non-hydrogen) atoms. The first kappa shape index (κ1) is 20.1. The first-order chi connectivity index (χ1) is 9.85. The number of nitrogens with two attached hydrogens (primary N) is 2. The molecule has 0 aromatic rings. The Kier molecular flexibility index (Phi) is 17.3. The van der Waals surface area contributed by atoms with Gasteiger partial charge in [0, 0.05) is 0 Å². The Balaban J connectivity index is 0.000000595. The molecule has 1 atom stereocenters. The minimum atomic E-state index is 0.400. The zero-order valence-corrected chi connectivity index (χ0v) is 13.7. The molecule has 0 saturated carbocycles. The molecule has 0 spiro atoms. The van der Waals surface area contributed by atoms with Gasteiger partial charge in [0.25, 0.3) is 0 Å². The van der Waals surface area contributed by atoms with Crippen molar-refractivity contribution in [3.8, 4) is 0 Å². The van der Waals surface area contributed by atoms with Crippen molar-refractivity contribution in [3.05, 3.63) is 0 Å². The largest absolute Gasteiger partial charge is 0.372 e. The molecular weight excluding hydrogens is 274 g/mol. The smallest absolute Gasteiger partial charge is 0.0944 e. The van der Waals surface area contributed by atoms with Gasteiger partial charge in [0.1, 0.15) is 0 Å². The molecule has 0 bridgehead atoms. The van der Waals surface area contributed by atoms with Crippen LogP contribution < -0.4 is 16.8 Å². The molecule has 0 radical (unpaired) electrons. The Hall–Kier alpha value is 0.130. The van der Waals surface area contributed by atoms with Crippen molar-refractivity contribution in [2.24, 2.45) is 11.5 Å². The maximum Gasteiger partial charge on any atom is 0.0944 e. The second-order valence-corrected chi connectivity index (χ2v) is 5.57. The molecule has 1 fully saturated rings. The van der Waals surface area contributed by atoms with Crippen LogP contribution in [0.25, 0.3) is 0 Å². The molecular formula is C15H34ClN3O. The summed E-state index contributed by atoms with van der Waals surface area (Å²) >= 11 is 5.27. The van der Waals surface area contributed by atoms with Gasteiger partial charge in [-0.3, -0.25) is 0 Å². The van der Waals surface area contributed by atoms with E-state index in [1.165, 1.54) is 64.5 Å². The quantitative estimate of drug-likeness (QED) is 0.277. The predicted octanol–water partition coefficient (Wildman–Crippen LogP) is 2.24. The van der Waals surface area contributed by atoms with E-state index in [1.54, 1.807) is 0 Å². The number of hydrogen-bond acceptors (Lipinski definition) is 4. The molecule has 1 heterocycles. The lowest BCUT2D eigenvalue weighted by atomic mass is 10.2. The van der Waals surface area contributed by atoms with Gasteiger partial charge in [0.2, 0.25) is 0 Å². The number of epoxide rings is 1. The van der Waals surface area contributed by atoms with Crippen LogP contribution in [0, 0.1) is 0 Å². The van der Waals surface area contributed by atoms with E-state index >= 15 is 0 Å². The van der Waals surface area contributed by atoms with Gasteiger partial charge in [-0.05, 0) is 51.9 Å². The lowest BCUT2D eigenvalue weighted by molar-refractivity contribution is 0.425. The van der Waals surface area contributed by atoms with Crippen LogP contribution in [0.4, 0.5) is 0 Å². The van der Waals surface area contributed by atoms with Crippen molar-refractivity contribution in [1.82, 2.24) is 5.32 Å². The Morgan fingerprint density at radius 3 is 1.60 bits per heavy atom. The first-order valence-corrected chi connectivity index (χ1v) is 8.67. The summed E-state index contributed by atoms with van der Waals surface area (Å²) in [6.45, 7) is 4.90. The van der Waals surface area contributed by atoms with Gasteiger partial charge < -0.3 is 21.5 Å². The number of hydrogen-bond donors (Lipinski definition) is 3. The van der Waals surface area contributed by atoms with E-state index < -0.39 is 0 Å². The average molecular weight is 308 g/mol. The van der Waals surface area contributed by atoms with Gasteiger partial charge in [-0.2, -0.15) is 0 Å². The Morgan fingerprint density at radius 1 is 0.850 bits per heavy atom. The zero-order chi connectivity index (χ0) is 14.9. The maximum absolute atomic E-state index is 5.42. The number of unbranched alkanes of at least 4 members (excludes halogenated alkanes) is 6. The maximum atomic E-state index is 5.42. The molecule has 122 valence electrons. The second-order valence-electron chi connectivity index (χ2n) is 5.27. The molecule has 5 heteroatoms. The van der Waals surface area contributed by atoms with Gasteiger partial charge in [-0.15, -0.1) is 11.6 Å². The third kappa shape index (κ3) is 18.1. The lowest BCUT2D eigenvalue weighted by Gasteiger charge is -2.04. The van der Waals surface area contributed by atoms with Crippen LogP contribution >= 0.6 is 11.6 Å². The van der Waals surface area contributed by atoms with Crippen LogP contribution in [0.15, 0.2) is 0 Å². The monoisotopic (exact) mass is 307 g/mol. The average Bonchev–Trinajstić information content (AvgIpc) is 3.30. The molecule has 1 rings (SSSR count). The van der Waals surface area contributed by atoms with Gasteiger partial charge in [-0.1, -0.05) is 25.7 Å². The summed E-state index contributed by atoms with van der Waals surface area (Å²) in [7, 11) is 0. The number of nitrogens with one attached hydrogen (secondary N) is 1. The van der Waals surface area contributed by atoms with E-state index in [-0.39, 0.29) is 0 Å². The first-order valence-electron chi connectivity index (χ1n) is 8.13. The number of rotatable bonds is 13. The number of alkyl halides is 1. The highest BCUT2D eigenvalue weighted by atomic mass is 35.5. The van der Waals surface area contributed by atoms with Crippen LogP contribution in [0.1, 0.15) is 51.4 Å². The molecule has 0 aliphatic carbocycles. The van der Waals surface area contributed by atoms with Crippen molar-refractivity contribution >= 4 is 11.6 Å². The number of halogens is 1. The molecule has 1 unspecified atom stereocenters. The van der Waals surface area contributed by atoms with E-state index in [0.717, 1.165) is 19.7 Å². The van der Waals surface area contributed by atoms with Crippen molar-refractivity contribution in [1.29, 1.82) is 0 Å². The van der Waals surface area contributed by atoms with Crippen molar-refractivity contribution in [2.45, 2.75) is 57.5 Å². The van der Waals surface area contributed by atoms with E-state index in [1.807, 2.05) is 0 Å². The fourth-order valence-electron chi connectivity index (χ4n) is 1.78. The number of ether oxygens (including phenoxy) is 1. The van der Waals surface area contributed by atoms with Crippen LogP contribution in [-0.4, -0.2) is 44.8 Å². The summed E-state index contributed by atoms with van der Waals surface area (Å²) in [6, 6.07) is 0. The molecule has 1 aliphatic rings. The summed E-state index contributed by atoms with van der Waals surface area (Å²) in [5.41, 5.74) is 10.8. The van der Waals surface area contributed by atoms with Crippen LogP contribution in [0.3, 0.4) is 0 Å². The molecule has 0 amide bonds. The van der Waals surface area contributed by atoms with Crippen LogP contribution in [0.5, 0.6) is 0 Å². The van der Waals surface area contributed by atoms with Gasteiger partial charge in [-0.25, -0.2) is 0 Å². The van der Waals surface area contributed by atoms with E-state index in [2.05, 4.69) is 5.32 Å². The van der Waals surface area contributed by atoms with Gasteiger partial charge >= 0.3 is 0 Å².